The van der Waals surface area contributed by atoms with Crippen molar-refractivity contribution in [2.45, 2.75) is 19.0 Å². The number of rotatable bonds is 6. The number of ether oxygens (including phenoxy) is 1. The number of hydrogen-bond acceptors (Lipinski definition) is 1. The van der Waals surface area contributed by atoms with Gasteiger partial charge in [0.25, 0.3) is 0 Å². The molecule has 0 amide bonds. The van der Waals surface area contributed by atoms with Crippen LogP contribution < -0.4 is 4.74 Å². The van der Waals surface area contributed by atoms with E-state index in [-0.39, 0.29) is 13.0 Å². The number of para-hydroxylation sites is 1. The Bertz CT molecular complexity index is 824. The standard InChI is InChI=1S/C22H19F3O/c23-22(24,25)15-6-16-26-21-10-5-4-9-20(21)19-13-11-18(12-14-19)17-7-2-1-3-8-17/h1-5,7-14H,6,15-16H2. The first kappa shape index (κ1) is 18.1. The molecule has 0 fully saturated rings. The molecule has 134 valence electrons. The van der Waals surface area contributed by atoms with Gasteiger partial charge in [-0.2, -0.15) is 13.2 Å². The van der Waals surface area contributed by atoms with Crippen LogP contribution in [0.2, 0.25) is 0 Å². The SMILES string of the molecule is FC(F)(F)CCCOc1ccccc1-c1ccc(-c2ccccc2)cc1. The summed E-state index contributed by atoms with van der Waals surface area (Å²) in [6, 6.07) is 25.5. The highest BCUT2D eigenvalue weighted by Crippen LogP contribution is 2.32. The maximum Gasteiger partial charge on any atom is 0.389 e. The van der Waals surface area contributed by atoms with Crippen molar-refractivity contribution in [2.24, 2.45) is 0 Å². The zero-order chi connectivity index (χ0) is 18.4. The highest BCUT2D eigenvalue weighted by molar-refractivity contribution is 5.74. The molecule has 26 heavy (non-hydrogen) atoms. The van der Waals surface area contributed by atoms with Gasteiger partial charge < -0.3 is 4.74 Å². The fourth-order valence-electron chi connectivity index (χ4n) is 2.76. The van der Waals surface area contributed by atoms with Crippen molar-refractivity contribution in [1.82, 2.24) is 0 Å². The molecule has 0 aliphatic carbocycles. The van der Waals surface area contributed by atoms with E-state index in [1.807, 2.05) is 72.8 Å². The van der Waals surface area contributed by atoms with E-state index >= 15 is 0 Å². The van der Waals surface area contributed by atoms with Gasteiger partial charge in [-0.1, -0.05) is 72.8 Å². The second kappa shape index (κ2) is 8.09. The molecule has 0 atom stereocenters. The monoisotopic (exact) mass is 356 g/mol. The normalized spacial score (nSPS) is 11.3. The molecule has 0 unspecified atom stereocenters. The van der Waals surface area contributed by atoms with Crippen LogP contribution in [0.1, 0.15) is 12.8 Å². The molecule has 0 aliphatic heterocycles. The van der Waals surface area contributed by atoms with Crippen molar-refractivity contribution in [1.29, 1.82) is 0 Å². The first-order valence-electron chi connectivity index (χ1n) is 8.47. The smallest absolute Gasteiger partial charge is 0.389 e. The summed E-state index contributed by atoms with van der Waals surface area (Å²) < 4.78 is 42.3. The zero-order valence-electron chi connectivity index (χ0n) is 14.2. The van der Waals surface area contributed by atoms with Gasteiger partial charge in [-0.15, -0.1) is 0 Å². The third-order valence-electron chi connectivity index (χ3n) is 4.05. The minimum Gasteiger partial charge on any atom is -0.493 e. The van der Waals surface area contributed by atoms with Crippen LogP contribution >= 0.6 is 0 Å². The Morgan fingerprint density at radius 2 is 1.23 bits per heavy atom. The van der Waals surface area contributed by atoms with E-state index in [9.17, 15) is 13.2 Å². The maximum absolute atomic E-state index is 12.2. The lowest BCUT2D eigenvalue weighted by molar-refractivity contribution is -0.136. The lowest BCUT2D eigenvalue weighted by Crippen LogP contribution is -2.09. The lowest BCUT2D eigenvalue weighted by atomic mass is 10.00. The van der Waals surface area contributed by atoms with Gasteiger partial charge in [-0.25, -0.2) is 0 Å². The van der Waals surface area contributed by atoms with Crippen LogP contribution in [0.3, 0.4) is 0 Å². The summed E-state index contributed by atoms with van der Waals surface area (Å²) in [7, 11) is 0. The first-order valence-corrected chi connectivity index (χ1v) is 8.47. The van der Waals surface area contributed by atoms with Crippen molar-refractivity contribution in [3.05, 3.63) is 78.9 Å². The fourth-order valence-corrected chi connectivity index (χ4v) is 2.76. The first-order chi connectivity index (χ1) is 12.5. The van der Waals surface area contributed by atoms with E-state index in [0.29, 0.717) is 5.75 Å². The second-order valence-corrected chi connectivity index (χ2v) is 6.01. The van der Waals surface area contributed by atoms with Crippen molar-refractivity contribution in [2.75, 3.05) is 6.61 Å². The Labute approximate surface area is 151 Å². The van der Waals surface area contributed by atoms with Gasteiger partial charge in [0.1, 0.15) is 5.75 Å². The molecule has 0 N–H and O–H groups in total. The van der Waals surface area contributed by atoms with Gasteiger partial charge in [0.05, 0.1) is 6.61 Å². The lowest BCUT2D eigenvalue weighted by Gasteiger charge is -2.13. The van der Waals surface area contributed by atoms with Crippen molar-refractivity contribution in [3.63, 3.8) is 0 Å². The Hall–Kier alpha value is -2.75. The predicted molar refractivity (Wildman–Crippen MR) is 98.1 cm³/mol. The molecule has 3 rings (SSSR count). The van der Waals surface area contributed by atoms with E-state index in [1.54, 1.807) is 6.07 Å². The van der Waals surface area contributed by atoms with E-state index in [2.05, 4.69) is 0 Å². The zero-order valence-corrected chi connectivity index (χ0v) is 14.2. The average molecular weight is 356 g/mol. The van der Waals surface area contributed by atoms with Crippen LogP contribution in [-0.4, -0.2) is 12.8 Å². The quantitative estimate of drug-likeness (QED) is 0.444. The molecule has 0 bridgehead atoms. The topological polar surface area (TPSA) is 9.23 Å². The summed E-state index contributed by atoms with van der Waals surface area (Å²) in [6.07, 6.45) is -5.03. The molecule has 0 aliphatic rings. The van der Waals surface area contributed by atoms with Crippen LogP contribution in [0.5, 0.6) is 5.75 Å². The minimum absolute atomic E-state index is 0.0403. The molecule has 3 aromatic rings. The molecule has 4 heteroatoms. The van der Waals surface area contributed by atoms with Gasteiger partial charge in [0.15, 0.2) is 0 Å². The van der Waals surface area contributed by atoms with Crippen molar-refractivity contribution >= 4 is 0 Å². The summed E-state index contributed by atoms with van der Waals surface area (Å²) in [6.45, 7) is 0.0403. The molecule has 0 heterocycles. The fraction of sp³-hybridized carbons (Fsp3) is 0.182. The third kappa shape index (κ3) is 4.88. The second-order valence-electron chi connectivity index (χ2n) is 6.01. The van der Waals surface area contributed by atoms with E-state index in [1.165, 1.54) is 0 Å². The summed E-state index contributed by atoms with van der Waals surface area (Å²) in [5.74, 6) is 0.599. The molecule has 0 saturated heterocycles. The predicted octanol–water partition coefficient (Wildman–Crippen LogP) is 6.74. The van der Waals surface area contributed by atoms with Gasteiger partial charge in [0.2, 0.25) is 0 Å². The third-order valence-corrected chi connectivity index (χ3v) is 4.05. The van der Waals surface area contributed by atoms with E-state index in [0.717, 1.165) is 22.3 Å². The summed E-state index contributed by atoms with van der Waals surface area (Å²) >= 11 is 0. The van der Waals surface area contributed by atoms with E-state index in [4.69, 9.17) is 4.74 Å². The van der Waals surface area contributed by atoms with E-state index < -0.39 is 12.6 Å². The largest absolute Gasteiger partial charge is 0.493 e. The van der Waals surface area contributed by atoms with Crippen LogP contribution in [-0.2, 0) is 0 Å². The molecule has 1 nitrogen and oxygen atoms in total. The summed E-state index contributed by atoms with van der Waals surface area (Å²) in [5.41, 5.74) is 4.09. The van der Waals surface area contributed by atoms with Gasteiger partial charge in [-0.05, 0) is 29.2 Å². The number of halogens is 3. The average Bonchev–Trinajstić information content (AvgIpc) is 2.66. The van der Waals surface area contributed by atoms with Crippen LogP contribution in [0, 0.1) is 0 Å². The molecule has 0 aromatic heterocycles. The molecule has 3 aromatic carbocycles. The highest BCUT2D eigenvalue weighted by atomic mass is 19.4. The number of hydrogen-bond donors (Lipinski definition) is 0. The number of benzene rings is 3. The van der Waals surface area contributed by atoms with Crippen molar-refractivity contribution in [3.8, 4) is 28.0 Å². The minimum atomic E-state index is -4.14. The molecular weight excluding hydrogens is 337 g/mol. The van der Waals surface area contributed by atoms with Crippen LogP contribution in [0.15, 0.2) is 78.9 Å². The number of alkyl halides is 3. The Morgan fingerprint density at radius 1 is 0.654 bits per heavy atom. The molecule has 0 spiro atoms. The Kier molecular flexibility index (Phi) is 5.61. The molecular formula is C22H19F3O. The van der Waals surface area contributed by atoms with Gasteiger partial charge in [-0.3, -0.25) is 0 Å². The Balaban J connectivity index is 1.73. The Morgan fingerprint density at radius 3 is 1.92 bits per heavy atom. The van der Waals surface area contributed by atoms with Crippen LogP contribution in [0.4, 0.5) is 13.2 Å². The van der Waals surface area contributed by atoms with Crippen LogP contribution in [0.25, 0.3) is 22.3 Å². The summed E-state index contributed by atoms with van der Waals surface area (Å²) in [4.78, 5) is 0. The molecule has 0 radical (unpaired) electrons. The van der Waals surface area contributed by atoms with Gasteiger partial charge in [0, 0.05) is 12.0 Å². The highest BCUT2D eigenvalue weighted by Gasteiger charge is 2.26. The molecule has 0 saturated carbocycles. The maximum atomic E-state index is 12.2. The van der Waals surface area contributed by atoms with Crippen molar-refractivity contribution < 1.29 is 17.9 Å². The summed E-state index contributed by atoms with van der Waals surface area (Å²) in [5, 5.41) is 0. The van der Waals surface area contributed by atoms with Gasteiger partial charge >= 0.3 is 6.18 Å².